The summed E-state index contributed by atoms with van der Waals surface area (Å²) in [4.78, 5) is 46.1. The number of fused-ring (bicyclic) bond motifs is 1. The van der Waals surface area contributed by atoms with E-state index in [1.807, 2.05) is 18.7 Å². The second kappa shape index (κ2) is 12.2. The van der Waals surface area contributed by atoms with E-state index in [9.17, 15) is 14.4 Å². The lowest BCUT2D eigenvalue weighted by Crippen LogP contribution is -2.63. The summed E-state index contributed by atoms with van der Waals surface area (Å²) < 4.78 is 17.7. The van der Waals surface area contributed by atoms with Crippen molar-refractivity contribution in [2.45, 2.75) is 78.9 Å². The maximum absolute atomic E-state index is 13.5. The van der Waals surface area contributed by atoms with Gasteiger partial charge in [-0.2, -0.15) is 0 Å². The fraction of sp³-hybridized carbons (Fsp3) is 0.615. The number of benzene rings is 1. The van der Waals surface area contributed by atoms with Gasteiger partial charge in [0.2, 0.25) is 5.54 Å². The summed E-state index contributed by atoms with van der Waals surface area (Å²) in [5.74, 6) is -1.30. The van der Waals surface area contributed by atoms with Gasteiger partial charge in [-0.1, -0.05) is 26.0 Å². The zero-order valence-corrected chi connectivity index (χ0v) is 22.1. The molecule has 35 heavy (non-hydrogen) atoms. The molecular weight excluding hydrogens is 450 g/mol. The second-order valence-electron chi connectivity index (χ2n) is 9.34. The highest BCUT2D eigenvalue weighted by Gasteiger charge is 2.53. The van der Waals surface area contributed by atoms with Gasteiger partial charge >= 0.3 is 18.0 Å². The highest BCUT2D eigenvalue weighted by atomic mass is 16.6. The van der Waals surface area contributed by atoms with Gasteiger partial charge in [0.05, 0.1) is 24.2 Å². The highest BCUT2D eigenvalue weighted by molar-refractivity contribution is 6.06. The van der Waals surface area contributed by atoms with Crippen LogP contribution in [0.4, 0.5) is 4.79 Å². The number of aromatic nitrogens is 2. The molecule has 0 aliphatic carbocycles. The van der Waals surface area contributed by atoms with Crippen LogP contribution in [0.15, 0.2) is 24.5 Å². The Hall–Kier alpha value is -2.94. The van der Waals surface area contributed by atoms with E-state index in [0.717, 1.165) is 12.8 Å². The Morgan fingerprint density at radius 3 is 2.00 bits per heavy atom. The predicted molar refractivity (Wildman–Crippen MR) is 133 cm³/mol. The smallest absolute Gasteiger partial charge is 0.420 e. The highest BCUT2D eigenvalue weighted by Crippen LogP contribution is 2.30. The predicted octanol–water partition coefficient (Wildman–Crippen LogP) is 4.35. The van der Waals surface area contributed by atoms with Crippen molar-refractivity contribution in [2.75, 3.05) is 26.3 Å². The molecule has 0 amide bonds. The summed E-state index contributed by atoms with van der Waals surface area (Å²) in [6.07, 6.45) is 2.30. The first kappa shape index (κ1) is 28.3. The van der Waals surface area contributed by atoms with Crippen molar-refractivity contribution in [3.8, 4) is 0 Å². The van der Waals surface area contributed by atoms with Gasteiger partial charge in [0, 0.05) is 6.42 Å². The van der Waals surface area contributed by atoms with Gasteiger partial charge in [-0.05, 0) is 72.2 Å². The molecule has 194 valence electrons. The molecular formula is C26H39N3O6. The maximum atomic E-state index is 13.5. The third kappa shape index (κ3) is 6.39. The number of hydrogen-bond donors (Lipinski definition) is 0. The van der Waals surface area contributed by atoms with Crippen LogP contribution in [0.5, 0.6) is 0 Å². The average molecular weight is 490 g/mol. The molecule has 0 saturated carbocycles. The quantitative estimate of drug-likeness (QED) is 0.261. The van der Waals surface area contributed by atoms with E-state index in [2.05, 4.69) is 4.98 Å². The number of para-hydroxylation sites is 1. The number of nitrogens with zero attached hydrogens (tertiary/aromatic N) is 3. The van der Waals surface area contributed by atoms with Crippen LogP contribution < -0.4 is 0 Å². The summed E-state index contributed by atoms with van der Waals surface area (Å²) in [5.41, 5.74) is -0.694. The molecule has 0 fully saturated rings. The number of rotatable bonds is 11. The van der Waals surface area contributed by atoms with Gasteiger partial charge in [-0.25, -0.2) is 23.9 Å². The van der Waals surface area contributed by atoms with E-state index in [-0.39, 0.29) is 19.6 Å². The van der Waals surface area contributed by atoms with E-state index in [0.29, 0.717) is 29.7 Å². The molecule has 0 radical (unpaired) electrons. The molecule has 9 heteroatoms. The van der Waals surface area contributed by atoms with Gasteiger partial charge < -0.3 is 14.2 Å². The summed E-state index contributed by atoms with van der Waals surface area (Å²) in [6, 6.07) is 5.32. The summed E-state index contributed by atoms with van der Waals surface area (Å²) in [5, 5.41) is 0. The maximum Gasteiger partial charge on any atom is 0.420 e. The minimum Gasteiger partial charge on any atom is -0.464 e. The Balaban J connectivity index is 2.68. The Morgan fingerprint density at radius 1 is 0.943 bits per heavy atom. The molecule has 9 nitrogen and oxygen atoms in total. The number of carbonyl (C=O) groups excluding carboxylic acids is 3. The standard InChI is InChI=1S/C26H39N3O6/c1-8-15-28(16-9-2)26(22(30)33-10-3,23(31)34-11-4)17-19-13-12-14-20-21(19)27-18-29(20)24(32)35-25(5,6)7/h12-14,18H,8-11,15-17H2,1-7H3. The van der Waals surface area contributed by atoms with Crippen molar-refractivity contribution in [1.82, 2.24) is 14.5 Å². The average Bonchev–Trinajstić information content (AvgIpc) is 3.22. The van der Waals surface area contributed by atoms with Crippen molar-refractivity contribution >= 4 is 29.1 Å². The lowest BCUT2D eigenvalue weighted by molar-refractivity contribution is -0.175. The number of carbonyl (C=O) groups is 3. The van der Waals surface area contributed by atoms with Gasteiger partial charge in [0.1, 0.15) is 11.9 Å². The Morgan fingerprint density at radius 2 is 1.51 bits per heavy atom. The van der Waals surface area contributed by atoms with E-state index in [4.69, 9.17) is 14.2 Å². The first-order valence-electron chi connectivity index (χ1n) is 12.3. The van der Waals surface area contributed by atoms with Crippen molar-refractivity contribution in [3.05, 3.63) is 30.1 Å². The van der Waals surface area contributed by atoms with Gasteiger partial charge in [0.25, 0.3) is 0 Å². The van der Waals surface area contributed by atoms with Crippen molar-refractivity contribution in [2.24, 2.45) is 0 Å². The SMILES string of the molecule is CCCN(CCC)C(Cc1cccc2c1ncn2C(=O)OC(C)(C)C)(C(=O)OCC)C(=O)OCC. The molecule has 2 aromatic rings. The second-order valence-corrected chi connectivity index (χ2v) is 9.34. The van der Waals surface area contributed by atoms with Crippen LogP contribution in [0.2, 0.25) is 0 Å². The summed E-state index contributed by atoms with van der Waals surface area (Å²) >= 11 is 0. The first-order valence-corrected chi connectivity index (χ1v) is 12.3. The van der Waals surface area contributed by atoms with E-state index >= 15 is 0 Å². The zero-order valence-electron chi connectivity index (χ0n) is 22.1. The number of hydrogen-bond acceptors (Lipinski definition) is 8. The monoisotopic (exact) mass is 489 g/mol. The summed E-state index contributed by atoms with van der Waals surface area (Å²) in [7, 11) is 0. The van der Waals surface area contributed by atoms with Crippen molar-refractivity contribution in [3.63, 3.8) is 0 Å². The minimum absolute atomic E-state index is 0.00661. The molecule has 2 rings (SSSR count). The van der Waals surface area contributed by atoms with Gasteiger partial charge in [-0.15, -0.1) is 0 Å². The Bertz CT molecular complexity index is 1000. The Kier molecular flexibility index (Phi) is 9.82. The zero-order chi connectivity index (χ0) is 26.2. The molecule has 0 spiro atoms. The molecule has 0 atom stereocenters. The van der Waals surface area contributed by atoms with Crippen LogP contribution in [-0.2, 0) is 30.2 Å². The van der Waals surface area contributed by atoms with Crippen LogP contribution in [0, 0.1) is 0 Å². The normalized spacial score (nSPS) is 12.1. The van der Waals surface area contributed by atoms with Crippen LogP contribution in [-0.4, -0.2) is 69.9 Å². The van der Waals surface area contributed by atoms with E-state index < -0.39 is 29.2 Å². The van der Waals surface area contributed by atoms with Crippen LogP contribution >= 0.6 is 0 Å². The topological polar surface area (TPSA) is 100.0 Å². The van der Waals surface area contributed by atoms with Gasteiger partial charge in [-0.3, -0.25) is 4.90 Å². The van der Waals surface area contributed by atoms with Crippen molar-refractivity contribution < 1.29 is 28.6 Å². The molecule has 1 aromatic heterocycles. The number of imidazole rings is 1. The molecule has 0 unspecified atom stereocenters. The van der Waals surface area contributed by atoms with Crippen LogP contribution in [0.25, 0.3) is 11.0 Å². The lowest BCUT2D eigenvalue weighted by Gasteiger charge is -2.39. The largest absolute Gasteiger partial charge is 0.464 e. The van der Waals surface area contributed by atoms with Crippen LogP contribution in [0.1, 0.15) is 66.9 Å². The molecule has 0 saturated heterocycles. The third-order valence-corrected chi connectivity index (χ3v) is 5.45. The molecule has 1 heterocycles. The summed E-state index contributed by atoms with van der Waals surface area (Å²) in [6.45, 7) is 14.0. The van der Waals surface area contributed by atoms with Crippen LogP contribution in [0.3, 0.4) is 0 Å². The van der Waals surface area contributed by atoms with E-state index in [1.54, 1.807) is 52.8 Å². The fourth-order valence-electron chi connectivity index (χ4n) is 4.11. The molecule has 0 aliphatic rings. The Labute approximate surface area is 207 Å². The fourth-order valence-corrected chi connectivity index (χ4v) is 4.11. The molecule has 1 aromatic carbocycles. The first-order chi connectivity index (χ1) is 16.5. The van der Waals surface area contributed by atoms with Crippen molar-refractivity contribution in [1.29, 1.82) is 0 Å². The lowest BCUT2D eigenvalue weighted by atomic mass is 9.87. The molecule has 0 bridgehead atoms. The van der Waals surface area contributed by atoms with Gasteiger partial charge in [0.15, 0.2) is 0 Å². The molecule has 0 N–H and O–H groups in total. The number of esters is 2. The third-order valence-electron chi connectivity index (χ3n) is 5.45. The molecule has 0 aliphatic heterocycles. The minimum atomic E-state index is -1.68. The number of ether oxygens (including phenoxy) is 3. The van der Waals surface area contributed by atoms with E-state index in [1.165, 1.54) is 10.9 Å².